The molecule has 1 unspecified atom stereocenters. The molecule has 0 amide bonds. The zero-order valence-electron chi connectivity index (χ0n) is 11.0. The molecule has 0 heterocycles. The van der Waals surface area contributed by atoms with Crippen LogP contribution in [0.5, 0.6) is 0 Å². The molecule has 0 aliphatic heterocycles. The lowest BCUT2D eigenvalue weighted by atomic mass is 10.00. The normalized spacial score (nSPS) is 16.9. The van der Waals surface area contributed by atoms with E-state index in [2.05, 4.69) is 48.4 Å². The van der Waals surface area contributed by atoms with Crippen LogP contribution in [-0.2, 0) is 0 Å². The SMILES string of the molecule is Cc1cccc(C(C)CN=C(N)NC2CC2)c1.I. The summed E-state index contributed by atoms with van der Waals surface area (Å²) in [6.07, 6.45) is 2.45. The molecular formula is C14H22IN3. The van der Waals surface area contributed by atoms with Gasteiger partial charge in [-0.15, -0.1) is 24.0 Å². The number of nitrogens with zero attached hydrogens (tertiary/aromatic N) is 1. The summed E-state index contributed by atoms with van der Waals surface area (Å²) in [5.74, 6) is 1.00. The molecule has 1 aromatic carbocycles. The second kappa shape index (κ2) is 6.97. The van der Waals surface area contributed by atoms with Crippen molar-refractivity contribution in [2.24, 2.45) is 10.7 Å². The molecule has 4 heteroatoms. The Morgan fingerprint density at radius 2 is 2.22 bits per heavy atom. The van der Waals surface area contributed by atoms with Gasteiger partial charge in [0.25, 0.3) is 0 Å². The molecule has 100 valence electrons. The van der Waals surface area contributed by atoms with Crippen LogP contribution in [0.15, 0.2) is 29.3 Å². The molecule has 1 aliphatic rings. The minimum absolute atomic E-state index is 0. The van der Waals surface area contributed by atoms with Gasteiger partial charge in [-0.25, -0.2) is 0 Å². The van der Waals surface area contributed by atoms with Crippen LogP contribution in [0, 0.1) is 6.92 Å². The number of guanidine groups is 1. The Bertz CT molecular complexity index is 413. The summed E-state index contributed by atoms with van der Waals surface area (Å²) in [5.41, 5.74) is 8.43. The first kappa shape index (κ1) is 15.3. The fraction of sp³-hybridized carbons (Fsp3) is 0.500. The van der Waals surface area contributed by atoms with Crippen LogP contribution in [0.25, 0.3) is 0 Å². The minimum atomic E-state index is 0. The molecular weight excluding hydrogens is 337 g/mol. The predicted molar refractivity (Wildman–Crippen MR) is 87.7 cm³/mol. The van der Waals surface area contributed by atoms with Crippen molar-refractivity contribution in [2.45, 2.75) is 38.6 Å². The molecule has 3 nitrogen and oxygen atoms in total. The molecule has 1 saturated carbocycles. The number of hydrogen-bond acceptors (Lipinski definition) is 1. The molecule has 0 bridgehead atoms. The van der Waals surface area contributed by atoms with Crippen molar-refractivity contribution >= 4 is 29.9 Å². The number of aryl methyl sites for hydroxylation is 1. The maximum atomic E-state index is 5.81. The van der Waals surface area contributed by atoms with Crippen molar-refractivity contribution in [1.82, 2.24) is 5.32 Å². The van der Waals surface area contributed by atoms with Crippen molar-refractivity contribution in [2.75, 3.05) is 6.54 Å². The van der Waals surface area contributed by atoms with E-state index in [0.717, 1.165) is 6.54 Å². The third-order valence-electron chi connectivity index (χ3n) is 3.08. The number of benzene rings is 1. The largest absolute Gasteiger partial charge is 0.370 e. The molecule has 0 spiro atoms. The average Bonchev–Trinajstić information content (AvgIpc) is 3.10. The van der Waals surface area contributed by atoms with E-state index >= 15 is 0 Å². The fourth-order valence-electron chi connectivity index (χ4n) is 1.80. The number of nitrogens with one attached hydrogen (secondary N) is 1. The van der Waals surface area contributed by atoms with Gasteiger partial charge in [0.05, 0.1) is 0 Å². The lowest BCUT2D eigenvalue weighted by Crippen LogP contribution is -2.33. The number of halogens is 1. The van der Waals surface area contributed by atoms with Gasteiger partial charge in [0, 0.05) is 18.5 Å². The molecule has 0 saturated heterocycles. The first-order chi connectivity index (χ1) is 8.15. The summed E-state index contributed by atoms with van der Waals surface area (Å²) in [7, 11) is 0. The summed E-state index contributed by atoms with van der Waals surface area (Å²) in [4.78, 5) is 4.39. The summed E-state index contributed by atoms with van der Waals surface area (Å²) in [5, 5.41) is 3.20. The molecule has 3 N–H and O–H groups in total. The van der Waals surface area contributed by atoms with Crippen LogP contribution in [0.2, 0.25) is 0 Å². The highest BCUT2D eigenvalue weighted by molar-refractivity contribution is 14.0. The molecule has 0 aromatic heterocycles. The van der Waals surface area contributed by atoms with Gasteiger partial charge in [0.2, 0.25) is 0 Å². The Kier molecular flexibility index (Phi) is 5.91. The number of nitrogens with two attached hydrogens (primary N) is 1. The van der Waals surface area contributed by atoms with Crippen LogP contribution in [0.3, 0.4) is 0 Å². The first-order valence-corrected chi connectivity index (χ1v) is 6.28. The lowest BCUT2D eigenvalue weighted by molar-refractivity contribution is 0.763. The Morgan fingerprint density at radius 1 is 1.50 bits per heavy atom. The van der Waals surface area contributed by atoms with E-state index in [1.165, 1.54) is 24.0 Å². The van der Waals surface area contributed by atoms with Gasteiger partial charge in [-0.1, -0.05) is 36.8 Å². The van der Waals surface area contributed by atoms with Crippen molar-refractivity contribution in [3.05, 3.63) is 35.4 Å². The number of aliphatic imine (C=N–C) groups is 1. The molecule has 1 atom stereocenters. The summed E-state index contributed by atoms with van der Waals surface area (Å²) < 4.78 is 0. The number of hydrogen-bond donors (Lipinski definition) is 2. The van der Waals surface area contributed by atoms with Crippen LogP contribution in [-0.4, -0.2) is 18.5 Å². The fourth-order valence-corrected chi connectivity index (χ4v) is 1.80. The maximum Gasteiger partial charge on any atom is 0.188 e. The van der Waals surface area contributed by atoms with Gasteiger partial charge in [-0.05, 0) is 25.3 Å². The first-order valence-electron chi connectivity index (χ1n) is 6.28. The van der Waals surface area contributed by atoms with E-state index < -0.39 is 0 Å². The Morgan fingerprint density at radius 3 is 2.83 bits per heavy atom. The second-order valence-electron chi connectivity index (χ2n) is 4.96. The molecule has 18 heavy (non-hydrogen) atoms. The van der Waals surface area contributed by atoms with Crippen molar-refractivity contribution in [1.29, 1.82) is 0 Å². The van der Waals surface area contributed by atoms with E-state index in [9.17, 15) is 0 Å². The monoisotopic (exact) mass is 359 g/mol. The predicted octanol–water partition coefficient (Wildman–Crippen LogP) is 2.78. The van der Waals surface area contributed by atoms with Crippen LogP contribution in [0.4, 0.5) is 0 Å². The van der Waals surface area contributed by atoms with E-state index in [1.807, 2.05) is 0 Å². The quantitative estimate of drug-likeness (QED) is 0.494. The molecule has 0 radical (unpaired) electrons. The lowest BCUT2D eigenvalue weighted by Gasteiger charge is -2.11. The molecule has 1 fully saturated rings. The Labute approximate surface area is 126 Å². The Hall–Kier alpha value is -0.780. The second-order valence-corrected chi connectivity index (χ2v) is 4.96. The third-order valence-corrected chi connectivity index (χ3v) is 3.08. The van der Waals surface area contributed by atoms with Crippen LogP contribution in [0.1, 0.15) is 36.8 Å². The van der Waals surface area contributed by atoms with Gasteiger partial charge >= 0.3 is 0 Å². The zero-order valence-corrected chi connectivity index (χ0v) is 13.3. The van der Waals surface area contributed by atoms with Crippen molar-refractivity contribution < 1.29 is 0 Å². The van der Waals surface area contributed by atoms with E-state index in [-0.39, 0.29) is 24.0 Å². The zero-order chi connectivity index (χ0) is 12.3. The van der Waals surface area contributed by atoms with E-state index in [0.29, 0.717) is 17.9 Å². The van der Waals surface area contributed by atoms with Crippen LogP contribution >= 0.6 is 24.0 Å². The standard InChI is InChI=1S/C14H21N3.HI/c1-10-4-3-5-12(8-10)11(2)9-16-14(15)17-13-6-7-13;/h3-5,8,11,13H,6-7,9H2,1-2H3,(H3,15,16,17);1H. The summed E-state index contributed by atoms with van der Waals surface area (Å²) in [6.45, 7) is 5.04. The smallest absolute Gasteiger partial charge is 0.188 e. The van der Waals surface area contributed by atoms with E-state index in [4.69, 9.17) is 5.73 Å². The van der Waals surface area contributed by atoms with Crippen molar-refractivity contribution in [3.8, 4) is 0 Å². The van der Waals surface area contributed by atoms with Crippen molar-refractivity contribution in [3.63, 3.8) is 0 Å². The van der Waals surface area contributed by atoms with E-state index in [1.54, 1.807) is 0 Å². The topological polar surface area (TPSA) is 50.4 Å². The molecule has 1 aromatic rings. The van der Waals surface area contributed by atoms with Gasteiger partial charge in [-0.3, -0.25) is 4.99 Å². The van der Waals surface area contributed by atoms with Gasteiger partial charge in [0.15, 0.2) is 5.96 Å². The highest BCUT2D eigenvalue weighted by Crippen LogP contribution is 2.19. The van der Waals surface area contributed by atoms with Crippen LogP contribution < -0.4 is 11.1 Å². The van der Waals surface area contributed by atoms with Gasteiger partial charge < -0.3 is 11.1 Å². The molecule has 2 rings (SSSR count). The summed E-state index contributed by atoms with van der Waals surface area (Å²) >= 11 is 0. The molecule has 1 aliphatic carbocycles. The highest BCUT2D eigenvalue weighted by Gasteiger charge is 2.21. The highest BCUT2D eigenvalue weighted by atomic mass is 127. The summed E-state index contributed by atoms with van der Waals surface area (Å²) in [6, 6.07) is 9.15. The van der Waals surface area contributed by atoms with Gasteiger partial charge in [0.1, 0.15) is 0 Å². The average molecular weight is 359 g/mol. The maximum absolute atomic E-state index is 5.81. The minimum Gasteiger partial charge on any atom is -0.370 e. The number of rotatable bonds is 4. The van der Waals surface area contributed by atoms with Gasteiger partial charge in [-0.2, -0.15) is 0 Å². The Balaban J connectivity index is 0.00000162. The third kappa shape index (κ3) is 4.84.